The number of carbonyl (C=O) groups is 1. The molecule has 6 nitrogen and oxygen atoms in total. The largest absolute Gasteiger partial charge is 0.338 e. The van der Waals surface area contributed by atoms with Gasteiger partial charge in [0.05, 0.1) is 4.90 Å². The lowest BCUT2D eigenvalue weighted by Crippen LogP contribution is -2.42. The lowest BCUT2D eigenvalue weighted by Gasteiger charge is -2.24. The molecule has 0 aliphatic carbocycles. The van der Waals surface area contributed by atoms with Gasteiger partial charge in [-0.1, -0.05) is 0 Å². The van der Waals surface area contributed by atoms with E-state index >= 15 is 0 Å². The van der Waals surface area contributed by atoms with E-state index in [-0.39, 0.29) is 24.9 Å². The minimum atomic E-state index is -3.66. The summed E-state index contributed by atoms with van der Waals surface area (Å²) in [5.41, 5.74) is 4.69. The van der Waals surface area contributed by atoms with E-state index in [1.54, 1.807) is 0 Å². The number of likely N-dealkylation sites (N-methyl/N-ethyl adjacent to an activating group) is 1. The second-order valence-corrected chi connectivity index (χ2v) is 9.25. The lowest BCUT2D eigenvalue weighted by atomic mass is 9.95. The van der Waals surface area contributed by atoms with Crippen molar-refractivity contribution < 1.29 is 13.2 Å². The van der Waals surface area contributed by atoms with Crippen molar-refractivity contribution in [2.45, 2.75) is 64.8 Å². The normalized spacial score (nSPS) is 17.6. The average Bonchev–Trinajstić information content (AvgIpc) is 3.06. The smallest absolute Gasteiger partial charge is 0.241 e. The van der Waals surface area contributed by atoms with Gasteiger partial charge in [-0.3, -0.25) is 4.79 Å². The maximum Gasteiger partial charge on any atom is 0.241 e. The highest BCUT2D eigenvalue weighted by Crippen LogP contribution is 2.29. The van der Waals surface area contributed by atoms with E-state index in [0.29, 0.717) is 4.90 Å². The third kappa shape index (κ3) is 4.52. The van der Waals surface area contributed by atoms with Gasteiger partial charge in [-0.2, -0.15) is 0 Å². The topological polar surface area (TPSA) is 78.5 Å². The van der Waals surface area contributed by atoms with Crippen LogP contribution in [0.25, 0.3) is 0 Å². The summed E-state index contributed by atoms with van der Waals surface area (Å²) in [6, 6.07) is 0.214. The van der Waals surface area contributed by atoms with Crippen LogP contribution >= 0.6 is 0 Å². The van der Waals surface area contributed by atoms with Crippen LogP contribution in [-0.2, 0) is 14.8 Å². The van der Waals surface area contributed by atoms with Crippen molar-refractivity contribution in [1.29, 1.82) is 0 Å². The van der Waals surface area contributed by atoms with Gasteiger partial charge in [0.25, 0.3) is 0 Å². The van der Waals surface area contributed by atoms with Crippen LogP contribution in [0.3, 0.4) is 0 Å². The Labute approximate surface area is 163 Å². The molecule has 2 rings (SSSR count). The lowest BCUT2D eigenvalue weighted by molar-refractivity contribution is -0.131. The maximum atomic E-state index is 12.9. The summed E-state index contributed by atoms with van der Waals surface area (Å²) >= 11 is 0. The Morgan fingerprint density at radius 3 is 2.15 bits per heavy atom. The van der Waals surface area contributed by atoms with E-state index in [0.717, 1.165) is 53.7 Å². The Morgan fingerprint density at radius 2 is 1.59 bits per heavy atom. The molecular formula is C20H33N3O3S. The predicted molar refractivity (Wildman–Crippen MR) is 109 cm³/mol. The van der Waals surface area contributed by atoms with Crippen molar-refractivity contribution in [2.75, 3.05) is 26.7 Å². The number of nitrogens with zero attached hydrogens (tertiary/aromatic N) is 1. The number of amides is 1. The first kappa shape index (κ1) is 21.9. The Balaban J connectivity index is 2.09. The quantitative estimate of drug-likeness (QED) is 0.741. The van der Waals surface area contributed by atoms with Gasteiger partial charge in [0.2, 0.25) is 15.9 Å². The predicted octanol–water partition coefficient (Wildman–Crippen LogP) is 2.11. The maximum absolute atomic E-state index is 12.9. The number of likely N-dealkylation sites (tertiary alicyclic amines) is 1. The summed E-state index contributed by atoms with van der Waals surface area (Å²) in [7, 11) is -1.78. The summed E-state index contributed by atoms with van der Waals surface area (Å²) in [6.07, 6.45) is 2.18. The van der Waals surface area contributed by atoms with E-state index in [4.69, 9.17) is 0 Å². The molecule has 1 atom stereocenters. The molecule has 1 aliphatic heterocycles. The number of hydrogen-bond acceptors (Lipinski definition) is 4. The van der Waals surface area contributed by atoms with Crippen LogP contribution in [0.4, 0.5) is 0 Å². The van der Waals surface area contributed by atoms with Crippen LogP contribution in [-0.4, -0.2) is 51.9 Å². The van der Waals surface area contributed by atoms with Crippen LogP contribution < -0.4 is 10.0 Å². The highest BCUT2D eigenvalue weighted by atomic mass is 32.2. The van der Waals surface area contributed by atoms with Crippen molar-refractivity contribution in [3.8, 4) is 0 Å². The summed E-state index contributed by atoms with van der Waals surface area (Å²) in [4.78, 5) is 14.7. The Kier molecular flexibility index (Phi) is 7.05. The Bertz CT molecular complexity index is 789. The van der Waals surface area contributed by atoms with Crippen LogP contribution in [0, 0.1) is 34.6 Å². The first-order valence-corrected chi connectivity index (χ1v) is 11.1. The number of hydrogen-bond donors (Lipinski definition) is 2. The van der Waals surface area contributed by atoms with Crippen LogP contribution in [0.15, 0.2) is 4.90 Å². The minimum absolute atomic E-state index is 0.0140. The molecule has 0 bridgehead atoms. The summed E-state index contributed by atoms with van der Waals surface area (Å²) in [5, 5.41) is 3.12. The molecule has 0 saturated carbocycles. The molecule has 152 valence electrons. The zero-order valence-corrected chi connectivity index (χ0v) is 18.2. The number of benzene rings is 1. The number of rotatable bonds is 7. The molecule has 2 N–H and O–H groups in total. The molecular weight excluding hydrogens is 362 g/mol. The molecule has 1 aromatic carbocycles. The molecule has 0 aromatic heterocycles. The van der Waals surface area contributed by atoms with Crippen molar-refractivity contribution >= 4 is 15.9 Å². The highest BCUT2D eigenvalue weighted by molar-refractivity contribution is 7.89. The van der Waals surface area contributed by atoms with Gasteiger partial charge in [0, 0.05) is 32.1 Å². The van der Waals surface area contributed by atoms with E-state index in [1.165, 1.54) is 0 Å². The fraction of sp³-hybridized carbons (Fsp3) is 0.650. The molecule has 7 heteroatoms. The number of sulfonamides is 1. The molecule has 1 aliphatic rings. The third-order valence-corrected chi connectivity index (χ3v) is 7.70. The van der Waals surface area contributed by atoms with Crippen molar-refractivity contribution in [3.05, 3.63) is 27.8 Å². The van der Waals surface area contributed by atoms with Crippen molar-refractivity contribution in [1.82, 2.24) is 14.9 Å². The van der Waals surface area contributed by atoms with Gasteiger partial charge in [-0.25, -0.2) is 13.1 Å². The second-order valence-electron chi connectivity index (χ2n) is 7.54. The summed E-state index contributed by atoms with van der Waals surface area (Å²) in [5.74, 6) is 0.0140. The van der Waals surface area contributed by atoms with E-state index in [9.17, 15) is 13.2 Å². The minimum Gasteiger partial charge on any atom is -0.338 e. The van der Waals surface area contributed by atoms with Crippen LogP contribution in [0.2, 0.25) is 0 Å². The molecule has 0 spiro atoms. The SMILES string of the molecule is CNCC1CCCN1C(=O)CCNS(=O)(=O)c1c(C)c(C)c(C)c(C)c1C. The van der Waals surface area contributed by atoms with E-state index in [1.807, 2.05) is 46.6 Å². The van der Waals surface area contributed by atoms with Gasteiger partial charge in [-0.05, 0) is 82.3 Å². The summed E-state index contributed by atoms with van der Waals surface area (Å²) < 4.78 is 28.5. The van der Waals surface area contributed by atoms with Crippen LogP contribution in [0.5, 0.6) is 0 Å². The molecule has 27 heavy (non-hydrogen) atoms. The number of nitrogens with one attached hydrogen (secondary N) is 2. The molecule has 0 radical (unpaired) electrons. The van der Waals surface area contributed by atoms with Crippen LogP contribution in [0.1, 0.15) is 47.1 Å². The Hall–Kier alpha value is -1.44. The highest BCUT2D eigenvalue weighted by Gasteiger charge is 2.28. The van der Waals surface area contributed by atoms with Gasteiger partial charge in [0.15, 0.2) is 0 Å². The molecule has 1 unspecified atom stereocenters. The fourth-order valence-corrected chi connectivity index (χ4v) is 5.62. The van der Waals surface area contributed by atoms with Gasteiger partial charge < -0.3 is 10.2 Å². The monoisotopic (exact) mass is 395 g/mol. The van der Waals surface area contributed by atoms with E-state index in [2.05, 4.69) is 10.0 Å². The number of carbonyl (C=O) groups excluding carboxylic acids is 1. The van der Waals surface area contributed by atoms with Gasteiger partial charge >= 0.3 is 0 Å². The van der Waals surface area contributed by atoms with E-state index < -0.39 is 10.0 Å². The second kappa shape index (κ2) is 8.71. The van der Waals surface area contributed by atoms with Gasteiger partial charge in [-0.15, -0.1) is 0 Å². The molecule has 1 amide bonds. The molecule has 1 saturated heterocycles. The third-order valence-electron chi connectivity index (χ3n) is 5.97. The van der Waals surface area contributed by atoms with Gasteiger partial charge in [0.1, 0.15) is 0 Å². The zero-order chi connectivity index (χ0) is 20.4. The fourth-order valence-electron chi connectivity index (χ4n) is 3.99. The summed E-state index contributed by atoms with van der Waals surface area (Å²) in [6.45, 7) is 11.3. The van der Waals surface area contributed by atoms with Crippen molar-refractivity contribution in [3.63, 3.8) is 0 Å². The standard InChI is InChI=1S/C20H33N3O3S/c1-13-14(2)16(4)20(17(5)15(13)3)27(25,26)22-10-9-19(24)23-11-7-8-18(23)12-21-6/h18,21-22H,7-12H2,1-6H3. The first-order valence-electron chi connectivity index (χ1n) is 9.62. The molecule has 1 aromatic rings. The van der Waals surface area contributed by atoms with Crippen molar-refractivity contribution in [2.24, 2.45) is 0 Å². The molecule has 1 heterocycles. The zero-order valence-electron chi connectivity index (χ0n) is 17.4. The first-order chi connectivity index (χ1) is 12.6. The average molecular weight is 396 g/mol. The molecule has 1 fully saturated rings. The Morgan fingerprint density at radius 1 is 1.04 bits per heavy atom.